The summed E-state index contributed by atoms with van der Waals surface area (Å²) in [4.78, 5) is 25.2. The Morgan fingerprint density at radius 3 is 2.50 bits per heavy atom. The molecule has 1 aliphatic heterocycles. The van der Waals surface area contributed by atoms with E-state index in [-0.39, 0.29) is 23.7 Å². The number of carbonyl (C=O) groups is 2. The van der Waals surface area contributed by atoms with Crippen molar-refractivity contribution >= 4 is 23.5 Å². The summed E-state index contributed by atoms with van der Waals surface area (Å²) in [5, 5.41) is 0.671. The number of likely N-dealkylation sites (tertiary alicyclic amines) is 1. The van der Waals surface area contributed by atoms with Crippen LogP contribution in [0.25, 0.3) is 0 Å². The van der Waals surface area contributed by atoms with Crippen LogP contribution in [0.2, 0.25) is 5.02 Å². The predicted molar refractivity (Wildman–Crippen MR) is 76.6 cm³/mol. The topological polar surface area (TPSA) is 46.6 Å². The second kappa shape index (κ2) is 6.27. The molecule has 0 spiro atoms. The molecule has 0 N–H and O–H groups in total. The molecule has 2 unspecified atom stereocenters. The van der Waals surface area contributed by atoms with E-state index in [1.807, 2.05) is 24.3 Å². The summed E-state index contributed by atoms with van der Waals surface area (Å²) in [6, 6.07) is 7.52. The molecule has 2 atom stereocenters. The summed E-state index contributed by atoms with van der Waals surface area (Å²) in [6.45, 7) is 2.60. The van der Waals surface area contributed by atoms with Gasteiger partial charge < -0.3 is 9.64 Å². The Balaban J connectivity index is 2.24. The maximum absolute atomic E-state index is 12.0. The number of nitrogens with zero attached hydrogens (tertiary/aromatic N) is 1. The fourth-order valence-electron chi connectivity index (χ4n) is 2.74. The molecule has 1 aromatic rings. The Morgan fingerprint density at radius 2 is 1.95 bits per heavy atom. The molecule has 108 valence electrons. The highest BCUT2D eigenvalue weighted by atomic mass is 35.5. The van der Waals surface area contributed by atoms with Crippen molar-refractivity contribution in [2.24, 2.45) is 5.92 Å². The van der Waals surface area contributed by atoms with Crippen LogP contribution in [0.5, 0.6) is 0 Å². The lowest BCUT2D eigenvalue weighted by Gasteiger charge is -2.37. The monoisotopic (exact) mass is 295 g/mol. The SMILES string of the molecule is COC(=O)C1CN(C(C)=O)CCC1c1ccc(Cl)cc1. The molecule has 4 nitrogen and oxygen atoms in total. The van der Waals surface area contributed by atoms with Crippen LogP contribution in [-0.2, 0) is 14.3 Å². The summed E-state index contributed by atoms with van der Waals surface area (Å²) in [5.41, 5.74) is 1.06. The van der Waals surface area contributed by atoms with Gasteiger partial charge in [-0.2, -0.15) is 0 Å². The van der Waals surface area contributed by atoms with Gasteiger partial charge in [0.2, 0.25) is 5.91 Å². The number of ether oxygens (including phenoxy) is 1. The highest BCUT2D eigenvalue weighted by Gasteiger charge is 2.36. The third-order valence-corrected chi connectivity index (χ3v) is 4.11. The van der Waals surface area contributed by atoms with Crippen LogP contribution in [-0.4, -0.2) is 37.0 Å². The molecular weight excluding hydrogens is 278 g/mol. The Labute approximate surface area is 123 Å². The predicted octanol–water partition coefficient (Wildman–Crippen LogP) is 2.47. The van der Waals surface area contributed by atoms with Crippen molar-refractivity contribution in [1.82, 2.24) is 4.90 Å². The number of carbonyl (C=O) groups excluding carboxylic acids is 2. The number of hydrogen-bond acceptors (Lipinski definition) is 3. The Morgan fingerprint density at radius 1 is 1.30 bits per heavy atom. The van der Waals surface area contributed by atoms with E-state index in [9.17, 15) is 9.59 Å². The van der Waals surface area contributed by atoms with Gasteiger partial charge in [-0.1, -0.05) is 23.7 Å². The van der Waals surface area contributed by atoms with Gasteiger partial charge in [-0.15, -0.1) is 0 Å². The number of hydrogen-bond donors (Lipinski definition) is 0. The fourth-order valence-corrected chi connectivity index (χ4v) is 2.86. The van der Waals surface area contributed by atoms with Gasteiger partial charge in [0, 0.05) is 31.0 Å². The van der Waals surface area contributed by atoms with Crippen molar-refractivity contribution in [1.29, 1.82) is 0 Å². The van der Waals surface area contributed by atoms with Gasteiger partial charge in [0.05, 0.1) is 13.0 Å². The molecule has 0 aromatic heterocycles. The van der Waals surface area contributed by atoms with Crippen molar-refractivity contribution in [2.45, 2.75) is 19.3 Å². The number of methoxy groups -OCH3 is 1. The van der Waals surface area contributed by atoms with Gasteiger partial charge in [-0.25, -0.2) is 0 Å². The smallest absolute Gasteiger partial charge is 0.311 e. The zero-order valence-electron chi connectivity index (χ0n) is 11.6. The van der Waals surface area contributed by atoms with Crippen molar-refractivity contribution < 1.29 is 14.3 Å². The third kappa shape index (κ3) is 3.12. The number of rotatable bonds is 2. The fraction of sp³-hybridized carbons (Fsp3) is 0.467. The van der Waals surface area contributed by atoms with Crippen LogP contribution in [0.1, 0.15) is 24.8 Å². The van der Waals surface area contributed by atoms with Crippen LogP contribution in [0.3, 0.4) is 0 Å². The first-order valence-electron chi connectivity index (χ1n) is 6.61. The van der Waals surface area contributed by atoms with Crippen LogP contribution < -0.4 is 0 Å². The molecule has 0 radical (unpaired) electrons. The Hall–Kier alpha value is -1.55. The summed E-state index contributed by atoms with van der Waals surface area (Å²) in [7, 11) is 1.38. The van der Waals surface area contributed by atoms with E-state index in [0.717, 1.165) is 12.0 Å². The van der Waals surface area contributed by atoms with Crippen LogP contribution in [0.15, 0.2) is 24.3 Å². The lowest BCUT2D eigenvalue weighted by molar-refractivity contribution is -0.149. The Kier molecular flexibility index (Phi) is 4.65. The molecular formula is C15H18ClNO3. The molecule has 1 saturated heterocycles. The van der Waals surface area contributed by atoms with Crippen molar-refractivity contribution in [2.75, 3.05) is 20.2 Å². The minimum Gasteiger partial charge on any atom is -0.469 e. The lowest BCUT2D eigenvalue weighted by atomic mass is 9.80. The second-order valence-electron chi connectivity index (χ2n) is 5.04. The highest BCUT2D eigenvalue weighted by molar-refractivity contribution is 6.30. The number of esters is 1. The van der Waals surface area contributed by atoms with Gasteiger partial charge in [-0.3, -0.25) is 9.59 Å². The van der Waals surface area contributed by atoms with Gasteiger partial charge in [0.15, 0.2) is 0 Å². The van der Waals surface area contributed by atoms with E-state index in [1.165, 1.54) is 14.0 Å². The second-order valence-corrected chi connectivity index (χ2v) is 5.48. The maximum atomic E-state index is 12.0. The molecule has 1 fully saturated rings. The third-order valence-electron chi connectivity index (χ3n) is 3.86. The molecule has 1 amide bonds. The van der Waals surface area contributed by atoms with Crippen LogP contribution in [0, 0.1) is 5.92 Å². The van der Waals surface area contributed by atoms with Gasteiger partial charge in [-0.05, 0) is 24.1 Å². The average Bonchev–Trinajstić information content (AvgIpc) is 2.46. The molecule has 1 aliphatic rings. The first kappa shape index (κ1) is 14.9. The highest BCUT2D eigenvalue weighted by Crippen LogP contribution is 2.34. The summed E-state index contributed by atoms with van der Waals surface area (Å²) in [6.07, 6.45) is 0.751. The van der Waals surface area contributed by atoms with Gasteiger partial charge >= 0.3 is 5.97 Å². The number of benzene rings is 1. The van der Waals surface area contributed by atoms with Crippen molar-refractivity contribution in [3.63, 3.8) is 0 Å². The molecule has 0 saturated carbocycles. The first-order valence-corrected chi connectivity index (χ1v) is 6.99. The standard InChI is InChI=1S/C15H18ClNO3/c1-10(18)17-8-7-13(14(9-17)15(19)20-2)11-3-5-12(16)6-4-11/h3-6,13-14H,7-9H2,1-2H3. The maximum Gasteiger partial charge on any atom is 0.311 e. The largest absolute Gasteiger partial charge is 0.469 e. The minimum atomic E-state index is -0.321. The average molecular weight is 296 g/mol. The molecule has 0 aliphatic carbocycles. The molecule has 1 aromatic carbocycles. The number of piperidine rings is 1. The van der Waals surface area contributed by atoms with E-state index >= 15 is 0 Å². The Bertz CT molecular complexity index is 500. The lowest BCUT2D eigenvalue weighted by Crippen LogP contribution is -2.45. The number of amides is 1. The molecule has 5 heteroatoms. The molecule has 2 rings (SSSR count). The van der Waals surface area contributed by atoms with Crippen LogP contribution >= 0.6 is 11.6 Å². The first-order chi connectivity index (χ1) is 9.52. The zero-order chi connectivity index (χ0) is 14.7. The van der Waals surface area contributed by atoms with E-state index in [1.54, 1.807) is 4.90 Å². The summed E-state index contributed by atoms with van der Waals surface area (Å²) in [5.74, 6) is -0.529. The zero-order valence-corrected chi connectivity index (χ0v) is 12.4. The van der Waals surface area contributed by atoms with E-state index in [4.69, 9.17) is 16.3 Å². The normalized spacial score (nSPS) is 22.4. The summed E-state index contributed by atoms with van der Waals surface area (Å²) >= 11 is 5.90. The number of halogens is 1. The molecule has 0 bridgehead atoms. The van der Waals surface area contributed by atoms with E-state index in [0.29, 0.717) is 18.1 Å². The van der Waals surface area contributed by atoms with Crippen LogP contribution in [0.4, 0.5) is 0 Å². The summed E-state index contributed by atoms with van der Waals surface area (Å²) < 4.78 is 4.89. The minimum absolute atomic E-state index is 0.00606. The molecule has 1 heterocycles. The van der Waals surface area contributed by atoms with E-state index < -0.39 is 0 Å². The van der Waals surface area contributed by atoms with E-state index in [2.05, 4.69) is 0 Å². The van der Waals surface area contributed by atoms with Crippen molar-refractivity contribution in [3.05, 3.63) is 34.9 Å². The van der Waals surface area contributed by atoms with Gasteiger partial charge in [0.1, 0.15) is 0 Å². The van der Waals surface area contributed by atoms with Crippen molar-refractivity contribution in [3.8, 4) is 0 Å². The van der Waals surface area contributed by atoms with Gasteiger partial charge in [0.25, 0.3) is 0 Å². The molecule has 20 heavy (non-hydrogen) atoms. The quantitative estimate of drug-likeness (QED) is 0.788.